The van der Waals surface area contributed by atoms with Crippen LogP contribution in [0.1, 0.15) is 6.92 Å². The molecular weight excluding hydrogens is 230 g/mol. The molecule has 0 unspecified atom stereocenters. The maximum absolute atomic E-state index is 11.1. The lowest BCUT2D eigenvalue weighted by Gasteiger charge is -2.10. The molecule has 1 atom stereocenters. The van der Waals surface area contributed by atoms with E-state index in [0.717, 1.165) is 0 Å². The molecule has 0 bridgehead atoms. The van der Waals surface area contributed by atoms with E-state index in [4.69, 9.17) is 9.84 Å². The molecule has 8 nitrogen and oxygen atoms in total. The summed E-state index contributed by atoms with van der Waals surface area (Å²) in [4.78, 5) is 32.6. The molecule has 0 radical (unpaired) electrons. The Hall–Kier alpha value is -1.83. The van der Waals surface area contributed by atoms with Crippen LogP contribution in [-0.2, 0) is 14.3 Å². The average molecular weight is 247 g/mol. The van der Waals surface area contributed by atoms with Gasteiger partial charge in [0.25, 0.3) is 0 Å². The van der Waals surface area contributed by atoms with Crippen molar-refractivity contribution in [3.8, 4) is 0 Å². The molecule has 0 spiro atoms. The van der Waals surface area contributed by atoms with E-state index in [9.17, 15) is 14.4 Å². The van der Waals surface area contributed by atoms with Gasteiger partial charge in [-0.05, 0) is 6.92 Å². The number of urea groups is 1. The minimum absolute atomic E-state index is 0.220. The van der Waals surface area contributed by atoms with Crippen LogP contribution in [0.3, 0.4) is 0 Å². The lowest BCUT2D eigenvalue weighted by atomic mass is 10.3. The molecule has 0 aliphatic heterocycles. The first-order chi connectivity index (χ1) is 7.97. The average Bonchev–Trinajstić information content (AvgIpc) is 2.26. The molecule has 0 saturated heterocycles. The minimum Gasteiger partial charge on any atom is -0.480 e. The molecule has 0 rings (SSSR count). The van der Waals surface area contributed by atoms with Crippen molar-refractivity contribution < 1.29 is 24.2 Å². The van der Waals surface area contributed by atoms with Crippen LogP contribution in [0.2, 0.25) is 0 Å². The van der Waals surface area contributed by atoms with Crippen LogP contribution in [0, 0.1) is 0 Å². The fourth-order valence-corrected chi connectivity index (χ4v) is 0.825. The number of carboxylic acid groups (broad SMARTS) is 1. The Kier molecular flexibility index (Phi) is 7.44. The van der Waals surface area contributed by atoms with E-state index in [1.165, 1.54) is 14.0 Å². The van der Waals surface area contributed by atoms with Gasteiger partial charge in [0, 0.05) is 13.7 Å². The number of aliphatic carboxylic acids is 1. The van der Waals surface area contributed by atoms with Gasteiger partial charge in [0.1, 0.15) is 6.04 Å². The van der Waals surface area contributed by atoms with Crippen molar-refractivity contribution in [2.24, 2.45) is 0 Å². The quantitative estimate of drug-likeness (QED) is 0.409. The molecule has 0 aromatic carbocycles. The highest BCUT2D eigenvalue weighted by atomic mass is 16.5. The predicted molar refractivity (Wildman–Crippen MR) is 58.5 cm³/mol. The zero-order chi connectivity index (χ0) is 13.3. The van der Waals surface area contributed by atoms with Gasteiger partial charge in [-0.15, -0.1) is 0 Å². The number of carbonyl (C=O) groups is 3. The standard InChI is InChI=1S/C9H17N3O5/c1-6(8(14)15)12-9(16)11-5-7(13)10-3-4-17-2/h6H,3-5H2,1-2H3,(H,10,13)(H,14,15)(H2,11,12,16)/t6-/m1/s1. The molecule has 0 saturated carbocycles. The van der Waals surface area contributed by atoms with Crippen molar-refractivity contribution in [3.63, 3.8) is 0 Å². The molecule has 4 N–H and O–H groups in total. The number of amides is 3. The lowest BCUT2D eigenvalue weighted by molar-refractivity contribution is -0.138. The Balaban J connectivity index is 3.69. The Labute approximate surface area is 98.7 Å². The van der Waals surface area contributed by atoms with E-state index in [-0.39, 0.29) is 12.5 Å². The number of carbonyl (C=O) groups excluding carboxylic acids is 2. The van der Waals surface area contributed by atoms with E-state index in [0.29, 0.717) is 13.2 Å². The van der Waals surface area contributed by atoms with E-state index < -0.39 is 18.0 Å². The molecule has 0 aromatic rings. The van der Waals surface area contributed by atoms with Gasteiger partial charge in [-0.25, -0.2) is 4.79 Å². The molecule has 0 fully saturated rings. The number of hydrogen-bond donors (Lipinski definition) is 4. The fourth-order valence-electron chi connectivity index (χ4n) is 0.825. The molecule has 98 valence electrons. The van der Waals surface area contributed by atoms with Crippen LogP contribution in [0.15, 0.2) is 0 Å². The van der Waals surface area contributed by atoms with Gasteiger partial charge in [-0.1, -0.05) is 0 Å². The second-order valence-electron chi connectivity index (χ2n) is 3.23. The number of carboxylic acids is 1. The molecule has 0 aliphatic rings. The van der Waals surface area contributed by atoms with Crippen LogP contribution in [-0.4, -0.2) is 55.9 Å². The van der Waals surface area contributed by atoms with Crippen molar-refractivity contribution in [1.29, 1.82) is 0 Å². The third-order valence-electron chi connectivity index (χ3n) is 1.76. The molecule has 17 heavy (non-hydrogen) atoms. The Morgan fingerprint density at radius 2 is 1.94 bits per heavy atom. The number of methoxy groups -OCH3 is 1. The monoisotopic (exact) mass is 247 g/mol. The molecule has 0 aliphatic carbocycles. The second-order valence-corrected chi connectivity index (χ2v) is 3.23. The first kappa shape index (κ1) is 15.2. The minimum atomic E-state index is -1.15. The van der Waals surface area contributed by atoms with Crippen LogP contribution in [0.5, 0.6) is 0 Å². The SMILES string of the molecule is COCCNC(=O)CNC(=O)N[C@H](C)C(=O)O. The fraction of sp³-hybridized carbons (Fsp3) is 0.667. The first-order valence-electron chi connectivity index (χ1n) is 5.00. The molecule has 0 aromatic heterocycles. The molecular formula is C9H17N3O5. The Morgan fingerprint density at radius 3 is 2.47 bits per heavy atom. The smallest absolute Gasteiger partial charge is 0.325 e. The highest BCUT2D eigenvalue weighted by Gasteiger charge is 2.13. The maximum Gasteiger partial charge on any atom is 0.325 e. The summed E-state index contributed by atoms with van der Waals surface area (Å²) >= 11 is 0. The highest BCUT2D eigenvalue weighted by Crippen LogP contribution is 1.80. The van der Waals surface area contributed by atoms with E-state index in [1.54, 1.807) is 0 Å². The largest absolute Gasteiger partial charge is 0.480 e. The summed E-state index contributed by atoms with van der Waals surface area (Å²) in [6.45, 7) is 1.83. The summed E-state index contributed by atoms with van der Waals surface area (Å²) in [5.41, 5.74) is 0. The third kappa shape index (κ3) is 8.03. The zero-order valence-electron chi connectivity index (χ0n) is 9.78. The summed E-state index contributed by atoms with van der Waals surface area (Å²) in [5.74, 6) is -1.52. The van der Waals surface area contributed by atoms with E-state index >= 15 is 0 Å². The number of rotatable bonds is 7. The van der Waals surface area contributed by atoms with Crippen molar-refractivity contribution in [3.05, 3.63) is 0 Å². The summed E-state index contributed by atoms with van der Waals surface area (Å²) in [6.07, 6.45) is 0. The van der Waals surface area contributed by atoms with Crippen molar-refractivity contribution in [2.75, 3.05) is 26.8 Å². The number of hydrogen-bond acceptors (Lipinski definition) is 4. The van der Waals surface area contributed by atoms with E-state index in [2.05, 4.69) is 16.0 Å². The van der Waals surface area contributed by atoms with Gasteiger partial charge < -0.3 is 25.8 Å². The summed E-state index contributed by atoms with van der Waals surface area (Å²) in [7, 11) is 1.51. The second kappa shape index (κ2) is 8.34. The first-order valence-corrected chi connectivity index (χ1v) is 5.00. The van der Waals surface area contributed by atoms with Gasteiger partial charge >= 0.3 is 12.0 Å². The van der Waals surface area contributed by atoms with Crippen LogP contribution in [0.25, 0.3) is 0 Å². The normalized spacial score (nSPS) is 11.4. The van der Waals surface area contributed by atoms with Crippen molar-refractivity contribution in [2.45, 2.75) is 13.0 Å². The molecule has 3 amide bonds. The summed E-state index contributed by atoms with van der Waals surface area (Å²) < 4.78 is 4.72. The zero-order valence-corrected chi connectivity index (χ0v) is 9.78. The third-order valence-corrected chi connectivity index (χ3v) is 1.76. The lowest BCUT2D eigenvalue weighted by Crippen LogP contribution is -2.47. The van der Waals surface area contributed by atoms with Crippen LogP contribution >= 0.6 is 0 Å². The van der Waals surface area contributed by atoms with Crippen LogP contribution < -0.4 is 16.0 Å². The van der Waals surface area contributed by atoms with Gasteiger partial charge in [-0.2, -0.15) is 0 Å². The van der Waals surface area contributed by atoms with Gasteiger partial charge in [0.05, 0.1) is 13.2 Å². The topological polar surface area (TPSA) is 117 Å². The predicted octanol–water partition coefficient (Wildman–Crippen LogP) is -1.48. The number of ether oxygens (including phenoxy) is 1. The van der Waals surface area contributed by atoms with Crippen molar-refractivity contribution >= 4 is 17.9 Å². The van der Waals surface area contributed by atoms with Crippen LogP contribution in [0.4, 0.5) is 4.79 Å². The molecule has 8 heteroatoms. The summed E-state index contributed by atoms with van der Waals surface area (Å²) in [5, 5.41) is 15.4. The van der Waals surface area contributed by atoms with E-state index in [1.807, 2.05) is 0 Å². The number of nitrogens with one attached hydrogen (secondary N) is 3. The van der Waals surface area contributed by atoms with Gasteiger partial charge in [0.15, 0.2) is 0 Å². The summed E-state index contributed by atoms with van der Waals surface area (Å²) in [6, 6.07) is -1.71. The van der Waals surface area contributed by atoms with Crippen molar-refractivity contribution in [1.82, 2.24) is 16.0 Å². The van der Waals surface area contributed by atoms with Gasteiger partial charge in [0.2, 0.25) is 5.91 Å². The van der Waals surface area contributed by atoms with Gasteiger partial charge in [-0.3, -0.25) is 9.59 Å². The Bertz CT molecular complexity index is 282. The molecule has 0 heterocycles. The maximum atomic E-state index is 11.1. The highest BCUT2D eigenvalue weighted by molar-refractivity contribution is 5.86. The Morgan fingerprint density at radius 1 is 1.29 bits per heavy atom.